The molecule has 2 fully saturated rings. The minimum absolute atomic E-state index is 0. The van der Waals surface area contributed by atoms with Gasteiger partial charge in [0.25, 0.3) is 0 Å². The zero-order chi connectivity index (χ0) is 22.4. The fourth-order valence-electron chi connectivity index (χ4n) is 4.91. The van der Waals surface area contributed by atoms with E-state index in [0.717, 1.165) is 38.1 Å². The highest BCUT2D eigenvalue weighted by Gasteiger charge is 2.25. The number of likely N-dealkylation sites (tertiary alicyclic amines) is 2. The molecule has 188 valence electrons. The fourth-order valence-corrected chi connectivity index (χ4v) is 4.91. The number of hydrogen-bond acceptors (Lipinski definition) is 4. The van der Waals surface area contributed by atoms with Gasteiger partial charge in [-0.1, -0.05) is 30.3 Å². The second kappa shape index (κ2) is 16.7. The summed E-state index contributed by atoms with van der Waals surface area (Å²) in [6.45, 7) is 9.02. The number of hydrogen-bond donors (Lipinski definition) is 1. The summed E-state index contributed by atoms with van der Waals surface area (Å²) in [4.78, 5) is 9.54. The molecule has 0 amide bonds. The molecule has 0 aliphatic carbocycles. The lowest BCUT2D eigenvalue weighted by molar-refractivity contribution is 0.0536. The maximum atomic E-state index is 5.71. The normalized spacial score (nSPS) is 20.1. The predicted molar refractivity (Wildman–Crippen MR) is 148 cm³/mol. The van der Waals surface area contributed by atoms with Crippen LogP contribution in [0.1, 0.15) is 37.7 Å². The van der Waals surface area contributed by atoms with Gasteiger partial charge < -0.3 is 24.6 Å². The number of nitrogens with zero attached hydrogens (tertiary/aromatic N) is 3. The van der Waals surface area contributed by atoms with Gasteiger partial charge in [-0.25, -0.2) is 0 Å². The molecule has 1 aromatic rings. The Kier molecular flexibility index (Phi) is 14.3. The van der Waals surface area contributed by atoms with Crippen LogP contribution >= 0.6 is 24.0 Å². The van der Waals surface area contributed by atoms with Gasteiger partial charge in [0.15, 0.2) is 5.96 Å². The van der Waals surface area contributed by atoms with Gasteiger partial charge in [0.2, 0.25) is 0 Å². The Morgan fingerprint density at radius 1 is 1.03 bits per heavy atom. The molecule has 0 spiro atoms. The van der Waals surface area contributed by atoms with E-state index in [1.807, 2.05) is 7.05 Å². The van der Waals surface area contributed by atoms with Crippen LogP contribution in [0, 0.1) is 11.8 Å². The van der Waals surface area contributed by atoms with Crippen LogP contribution < -0.4 is 5.32 Å². The highest BCUT2D eigenvalue weighted by molar-refractivity contribution is 14.0. The van der Waals surface area contributed by atoms with Gasteiger partial charge in [-0.3, -0.25) is 4.99 Å². The third-order valence-corrected chi connectivity index (χ3v) is 6.84. The molecule has 0 radical (unpaired) electrons. The summed E-state index contributed by atoms with van der Waals surface area (Å²) in [5, 5.41) is 3.58. The molecule has 1 unspecified atom stereocenters. The maximum Gasteiger partial charge on any atom is 0.193 e. The summed E-state index contributed by atoms with van der Waals surface area (Å²) in [7, 11) is 3.61. The number of piperidine rings is 1. The quantitative estimate of drug-likeness (QED) is 0.178. The van der Waals surface area contributed by atoms with Crippen molar-refractivity contribution in [1.82, 2.24) is 15.1 Å². The SMILES string of the molecule is CN=C(NCCCCN1CCC(Cc2ccccc2)CC1)N1CCC(COCCOC)C1.I. The van der Waals surface area contributed by atoms with Crippen LogP contribution in [0.5, 0.6) is 0 Å². The van der Waals surface area contributed by atoms with Crippen molar-refractivity contribution in [3.05, 3.63) is 35.9 Å². The Hall–Kier alpha value is -0.900. The average molecular weight is 573 g/mol. The smallest absolute Gasteiger partial charge is 0.193 e. The summed E-state index contributed by atoms with van der Waals surface area (Å²) >= 11 is 0. The Labute approximate surface area is 218 Å². The van der Waals surface area contributed by atoms with E-state index >= 15 is 0 Å². The van der Waals surface area contributed by atoms with Gasteiger partial charge in [-0.05, 0) is 69.6 Å². The molecule has 33 heavy (non-hydrogen) atoms. The van der Waals surface area contributed by atoms with Crippen molar-refractivity contribution in [2.24, 2.45) is 16.8 Å². The summed E-state index contributed by atoms with van der Waals surface area (Å²) in [6.07, 6.45) is 7.54. The first-order valence-electron chi connectivity index (χ1n) is 12.6. The molecule has 2 aliphatic heterocycles. The number of unbranched alkanes of at least 4 members (excludes halogenated alkanes) is 1. The monoisotopic (exact) mass is 572 g/mol. The van der Waals surface area contributed by atoms with E-state index in [1.165, 1.54) is 63.7 Å². The van der Waals surface area contributed by atoms with Gasteiger partial charge in [0.05, 0.1) is 19.8 Å². The lowest BCUT2D eigenvalue weighted by Crippen LogP contribution is -2.41. The molecule has 0 bridgehead atoms. The molecule has 1 aromatic carbocycles. The molecule has 1 N–H and O–H groups in total. The molecule has 1 atom stereocenters. The summed E-state index contributed by atoms with van der Waals surface area (Å²) in [5.74, 6) is 2.50. The molecule has 7 heteroatoms. The van der Waals surface area contributed by atoms with Crippen molar-refractivity contribution in [2.75, 3.05) is 73.2 Å². The zero-order valence-corrected chi connectivity index (χ0v) is 23.0. The van der Waals surface area contributed by atoms with Crippen LogP contribution in [0.3, 0.4) is 0 Å². The second-order valence-electron chi connectivity index (χ2n) is 9.32. The molecule has 0 aromatic heterocycles. The Balaban J connectivity index is 0.00000385. The lowest BCUT2D eigenvalue weighted by atomic mass is 9.90. The minimum Gasteiger partial charge on any atom is -0.382 e. The Morgan fingerprint density at radius 2 is 1.79 bits per heavy atom. The first kappa shape index (κ1) is 28.3. The number of guanidine groups is 1. The summed E-state index contributed by atoms with van der Waals surface area (Å²) < 4.78 is 10.8. The molecule has 2 aliphatic rings. The van der Waals surface area contributed by atoms with Crippen molar-refractivity contribution in [3.63, 3.8) is 0 Å². The summed E-state index contributed by atoms with van der Waals surface area (Å²) in [5.41, 5.74) is 1.49. The number of ether oxygens (including phenoxy) is 2. The minimum atomic E-state index is 0. The van der Waals surface area contributed by atoms with E-state index in [4.69, 9.17) is 9.47 Å². The molecule has 2 heterocycles. The maximum absolute atomic E-state index is 5.71. The highest BCUT2D eigenvalue weighted by Crippen LogP contribution is 2.22. The van der Waals surface area contributed by atoms with E-state index in [2.05, 4.69) is 50.4 Å². The Bertz CT molecular complexity index is 653. The van der Waals surface area contributed by atoms with Crippen LogP contribution in [0.2, 0.25) is 0 Å². The Morgan fingerprint density at radius 3 is 2.52 bits per heavy atom. The number of nitrogens with one attached hydrogen (secondary N) is 1. The van der Waals surface area contributed by atoms with Crippen LogP contribution in [-0.2, 0) is 15.9 Å². The number of rotatable bonds is 12. The van der Waals surface area contributed by atoms with Gasteiger partial charge in [-0.2, -0.15) is 0 Å². The molecule has 6 nitrogen and oxygen atoms in total. The topological polar surface area (TPSA) is 49.3 Å². The highest BCUT2D eigenvalue weighted by atomic mass is 127. The van der Waals surface area contributed by atoms with Crippen LogP contribution in [0.4, 0.5) is 0 Å². The molecular weight excluding hydrogens is 527 g/mol. The molecule has 3 rings (SSSR count). The van der Waals surface area contributed by atoms with E-state index < -0.39 is 0 Å². The van der Waals surface area contributed by atoms with Gasteiger partial charge in [0.1, 0.15) is 0 Å². The zero-order valence-electron chi connectivity index (χ0n) is 20.7. The lowest BCUT2D eigenvalue weighted by Gasteiger charge is -2.32. The summed E-state index contributed by atoms with van der Waals surface area (Å²) in [6, 6.07) is 11.0. The first-order valence-corrected chi connectivity index (χ1v) is 12.6. The van der Waals surface area contributed by atoms with Gasteiger partial charge in [-0.15, -0.1) is 24.0 Å². The van der Waals surface area contributed by atoms with E-state index in [0.29, 0.717) is 19.1 Å². The van der Waals surface area contributed by atoms with Gasteiger partial charge in [0, 0.05) is 39.7 Å². The standard InChI is InChI=1S/C26H44N4O2.HI/c1-27-26(30-17-12-25(21-30)22-32-19-18-31-2)28-13-6-7-14-29-15-10-24(11-16-29)20-23-8-4-3-5-9-23;/h3-5,8-9,24-25H,6-7,10-22H2,1-2H3,(H,27,28);1H. The van der Waals surface area contributed by atoms with E-state index in [-0.39, 0.29) is 24.0 Å². The number of aliphatic imine (C=N–C) groups is 1. The first-order chi connectivity index (χ1) is 15.8. The largest absolute Gasteiger partial charge is 0.382 e. The number of halogens is 1. The van der Waals surface area contributed by atoms with Crippen molar-refractivity contribution >= 4 is 29.9 Å². The number of benzene rings is 1. The van der Waals surface area contributed by atoms with Gasteiger partial charge >= 0.3 is 0 Å². The average Bonchev–Trinajstić information content (AvgIpc) is 3.29. The van der Waals surface area contributed by atoms with Crippen LogP contribution in [0.25, 0.3) is 0 Å². The third-order valence-electron chi connectivity index (χ3n) is 6.84. The molecule has 0 saturated carbocycles. The second-order valence-corrected chi connectivity index (χ2v) is 9.32. The van der Waals surface area contributed by atoms with E-state index in [1.54, 1.807) is 7.11 Å². The van der Waals surface area contributed by atoms with Crippen molar-refractivity contribution < 1.29 is 9.47 Å². The molecule has 2 saturated heterocycles. The van der Waals surface area contributed by atoms with Crippen LogP contribution in [-0.4, -0.2) is 89.0 Å². The third kappa shape index (κ3) is 10.5. The predicted octanol–water partition coefficient (Wildman–Crippen LogP) is 3.90. The fraction of sp³-hybridized carbons (Fsp3) is 0.731. The van der Waals surface area contributed by atoms with Crippen LogP contribution in [0.15, 0.2) is 35.3 Å². The van der Waals surface area contributed by atoms with E-state index in [9.17, 15) is 0 Å². The van der Waals surface area contributed by atoms with Crippen molar-refractivity contribution in [2.45, 2.75) is 38.5 Å². The van der Waals surface area contributed by atoms with Crippen molar-refractivity contribution in [3.8, 4) is 0 Å². The molecular formula is C26H45IN4O2. The van der Waals surface area contributed by atoms with Crippen molar-refractivity contribution in [1.29, 1.82) is 0 Å². The number of methoxy groups -OCH3 is 1.